The number of para-hydroxylation sites is 2. The van der Waals surface area contributed by atoms with Crippen LogP contribution in [0, 0.1) is 0 Å². The lowest BCUT2D eigenvalue weighted by Crippen LogP contribution is -2.10. The van der Waals surface area contributed by atoms with Gasteiger partial charge in [0.1, 0.15) is 11.2 Å². The van der Waals surface area contributed by atoms with Crippen LogP contribution in [0.25, 0.3) is 77.4 Å². The highest BCUT2D eigenvalue weighted by molar-refractivity contribution is 6.11. The minimum Gasteiger partial charge on any atom is -0.456 e. The van der Waals surface area contributed by atoms with Crippen molar-refractivity contribution in [2.24, 2.45) is 0 Å². The molecule has 0 unspecified atom stereocenters. The van der Waals surface area contributed by atoms with Gasteiger partial charge in [0.15, 0.2) is 5.82 Å². The van der Waals surface area contributed by atoms with E-state index in [1.165, 1.54) is 16.5 Å². The Kier molecular flexibility index (Phi) is 7.10. The summed E-state index contributed by atoms with van der Waals surface area (Å²) in [5.74, 6) is 0.666. The Labute approximate surface area is 300 Å². The molecule has 10 rings (SSSR count). The molecule has 0 aliphatic heterocycles. The van der Waals surface area contributed by atoms with Crippen LogP contribution in [0.1, 0.15) is 0 Å². The van der Waals surface area contributed by atoms with E-state index < -0.39 is 0 Å². The summed E-state index contributed by atoms with van der Waals surface area (Å²) in [4.78, 5) is 12.6. The Balaban J connectivity index is 1.08. The molecule has 0 aliphatic carbocycles. The molecule has 0 aliphatic rings. The van der Waals surface area contributed by atoms with Gasteiger partial charge in [-0.2, -0.15) is 0 Å². The van der Waals surface area contributed by atoms with E-state index in [1.807, 2.05) is 24.3 Å². The molecule has 0 radical (unpaired) electrons. The minimum absolute atomic E-state index is 0.666. The number of furan rings is 1. The van der Waals surface area contributed by atoms with E-state index in [2.05, 4.69) is 169 Å². The van der Waals surface area contributed by atoms with E-state index in [1.54, 1.807) is 0 Å². The highest BCUT2D eigenvalue weighted by Crippen LogP contribution is 2.39. The molecule has 0 spiro atoms. The highest BCUT2D eigenvalue weighted by atomic mass is 16.3. The smallest absolute Gasteiger partial charge is 0.160 e. The Morgan fingerprint density at radius 1 is 0.365 bits per heavy atom. The maximum atomic E-state index is 6.46. The molecule has 0 fully saturated rings. The van der Waals surface area contributed by atoms with Crippen LogP contribution in [0.4, 0.5) is 17.1 Å². The number of hydrogen-bond donors (Lipinski definition) is 0. The zero-order valence-electron chi connectivity index (χ0n) is 28.1. The molecule has 4 nitrogen and oxygen atoms in total. The van der Waals surface area contributed by atoms with Crippen molar-refractivity contribution in [3.8, 4) is 33.8 Å². The summed E-state index contributed by atoms with van der Waals surface area (Å²) in [6.45, 7) is 0. The molecule has 0 atom stereocenters. The zero-order chi connectivity index (χ0) is 34.4. The van der Waals surface area contributed by atoms with E-state index in [0.29, 0.717) is 5.82 Å². The van der Waals surface area contributed by atoms with Crippen molar-refractivity contribution in [1.29, 1.82) is 0 Å². The molecule has 0 bridgehead atoms. The van der Waals surface area contributed by atoms with Crippen LogP contribution in [-0.2, 0) is 0 Å². The number of benzene rings is 8. The number of aromatic nitrogens is 2. The molecule has 4 heteroatoms. The molecule has 52 heavy (non-hydrogen) atoms. The van der Waals surface area contributed by atoms with Gasteiger partial charge >= 0.3 is 0 Å². The van der Waals surface area contributed by atoms with Crippen molar-refractivity contribution in [2.45, 2.75) is 0 Å². The number of rotatable bonds is 6. The van der Waals surface area contributed by atoms with Crippen LogP contribution >= 0.6 is 0 Å². The van der Waals surface area contributed by atoms with Gasteiger partial charge in [0.25, 0.3) is 0 Å². The average molecular weight is 666 g/mol. The molecule has 8 aromatic carbocycles. The van der Waals surface area contributed by atoms with E-state index >= 15 is 0 Å². The highest BCUT2D eigenvalue weighted by Gasteiger charge is 2.17. The van der Waals surface area contributed by atoms with Crippen LogP contribution in [0.15, 0.2) is 192 Å². The lowest BCUT2D eigenvalue weighted by atomic mass is 10.0. The van der Waals surface area contributed by atoms with Crippen LogP contribution in [0.2, 0.25) is 0 Å². The molecule has 0 saturated heterocycles. The van der Waals surface area contributed by atoms with Gasteiger partial charge in [-0.25, -0.2) is 9.97 Å². The summed E-state index contributed by atoms with van der Waals surface area (Å²) < 4.78 is 6.46. The largest absolute Gasteiger partial charge is 0.456 e. The van der Waals surface area contributed by atoms with Gasteiger partial charge < -0.3 is 9.32 Å². The molecule has 244 valence electrons. The zero-order valence-corrected chi connectivity index (χ0v) is 28.1. The Bertz CT molecular complexity index is 2900. The predicted octanol–water partition coefficient (Wildman–Crippen LogP) is 13.2. The molecular weight excluding hydrogens is 635 g/mol. The maximum Gasteiger partial charge on any atom is 0.160 e. The summed E-state index contributed by atoms with van der Waals surface area (Å²) in [7, 11) is 0. The topological polar surface area (TPSA) is 42.2 Å². The van der Waals surface area contributed by atoms with Gasteiger partial charge in [-0.1, -0.05) is 121 Å². The first-order valence-corrected chi connectivity index (χ1v) is 17.5. The van der Waals surface area contributed by atoms with Crippen molar-refractivity contribution in [3.05, 3.63) is 188 Å². The van der Waals surface area contributed by atoms with Gasteiger partial charge in [-0.3, -0.25) is 0 Å². The monoisotopic (exact) mass is 665 g/mol. The second kappa shape index (κ2) is 12.4. The Morgan fingerprint density at radius 2 is 0.981 bits per heavy atom. The SMILES string of the molecule is c1ccc(-c2ccc(N(c3ccccc3)c3cccc(-c4nc(-c5ccc6c(c5)oc5cc7ccccc7cc56)c5ccccc5n4)c3)cc2)cc1. The molecule has 0 amide bonds. The Hall–Kier alpha value is -7.04. The summed E-state index contributed by atoms with van der Waals surface area (Å²) >= 11 is 0. The lowest BCUT2D eigenvalue weighted by molar-refractivity contribution is 0.669. The predicted molar refractivity (Wildman–Crippen MR) is 215 cm³/mol. The molecule has 10 aromatic rings. The van der Waals surface area contributed by atoms with Crippen molar-refractivity contribution >= 4 is 60.7 Å². The first-order valence-electron chi connectivity index (χ1n) is 17.5. The quantitative estimate of drug-likeness (QED) is 0.177. The summed E-state index contributed by atoms with van der Waals surface area (Å²) in [6, 6.07) is 65.6. The van der Waals surface area contributed by atoms with Crippen molar-refractivity contribution in [3.63, 3.8) is 0 Å². The molecule has 2 heterocycles. The van der Waals surface area contributed by atoms with Crippen molar-refractivity contribution in [1.82, 2.24) is 9.97 Å². The molecule has 0 saturated carbocycles. The number of hydrogen-bond acceptors (Lipinski definition) is 4. The van der Waals surface area contributed by atoms with E-state index in [4.69, 9.17) is 14.4 Å². The number of fused-ring (bicyclic) bond motifs is 5. The van der Waals surface area contributed by atoms with Crippen LogP contribution < -0.4 is 4.90 Å². The number of anilines is 3. The van der Waals surface area contributed by atoms with Crippen LogP contribution in [0.3, 0.4) is 0 Å². The molecular formula is C48H31N3O. The van der Waals surface area contributed by atoms with E-state index in [-0.39, 0.29) is 0 Å². The standard InChI is InChI=1S/C48H31N3O/c1-3-12-32(13-4-1)33-22-25-39(26-23-33)51(38-17-5-2-6-18-38)40-19-11-16-37(28-40)48-49-44-21-10-9-20-42(44)47(50-48)36-24-27-41-43-29-34-14-7-8-15-35(34)30-46(43)52-45(41)31-36/h1-31H. The van der Waals surface area contributed by atoms with E-state index in [0.717, 1.165) is 72.1 Å². The second-order valence-corrected chi connectivity index (χ2v) is 13.1. The van der Waals surface area contributed by atoms with Gasteiger partial charge in [-0.05, 0) is 88.6 Å². The first kappa shape index (κ1) is 29.8. The molecule has 0 N–H and O–H groups in total. The second-order valence-electron chi connectivity index (χ2n) is 13.1. The van der Waals surface area contributed by atoms with Gasteiger partial charge in [0, 0.05) is 44.3 Å². The normalized spacial score (nSPS) is 11.5. The van der Waals surface area contributed by atoms with Crippen LogP contribution in [-0.4, -0.2) is 9.97 Å². The third kappa shape index (κ3) is 5.26. The number of nitrogens with zero attached hydrogens (tertiary/aromatic N) is 3. The van der Waals surface area contributed by atoms with Gasteiger partial charge in [-0.15, -0.1) is 0 Å². The van der Waals surface area contributed by atoms with Crippen LogP contribution in [0.5, 0.6) is 0 Å². The first-order chi connectivity index (χ1) is 25.7. The fourth-order valence-corrected chi connectivity index (χ4v) is 7.28. The van der Waals surface area contributed by atoms with E-state index in [9.17, 15) is 0 Å². The fraction of sp³-hybridized carbons (Fsp3) is 0. The van der Waals surface area contributed by atoms with Crippen molar-refractivity contribution < 1.29 is 4.42 Å². The average Bonchev–Trinajstić information content (AvgIpc) is 3.57. The van der Waals surface area contributed by atoms with Gasteiger partial charge in [0.2, 0.25) is 0 Å². The van der Waals surface area contributed by atoms with Gasteiger partial charge in [0.05, 0.1) is 11.2 Å². The lowest BCUT2D eigenvalue weighted by Gasteiger charge is -2.26. The summed E-state index contributed by atoms with van der Waals surface area (Å²) in [5, 5.41) is 5.56. The minimum atomic E-state index is 0.666. The van der Waals surface area contributed by atoms with Crippen molar-refractivity contribution in [2.75, 3.05) is 4.90 Å². The molecule has 2 aromatic heterocycles. The third-order valence-corrected chi connectivity index (χ3v) is 9.83. The summed E-state index contributed by atoms with van der Waals surface area (Å²) in [5.41, 5.74) is 10.9. The fourth-order valence-electron chi connectivity index (χ4n) is 7.28. The summed E-state index contributed by atoms with van der Waals surface area (Å²) in [6.07, 6.45) is 0. The Morgan fingerprint density at radius 3 is 1.81 bits per heavy atom. The third-order valence-electron chi connectivity index (χ3n) is 9.83. The maximum absolute atomic E-state index is 6.46.